The van der Waals surface area contributed by atoms with Crippen molar-refractivity contribution in [2.24, 2.45) is 5.73 Å². The summed E-state index contributed by atoms with van der Waals surface area (Å²) < 4.78 is 2.03. The Kier molecular flexibility index (Phi) is 5.83. The van der Waals surface area contributed by atoms with E-state index in [-0.39, 0.29) is 5.91 Å². The molecule has 1 atom stereocenters. The molecule has 1 amide bonds. The van der Waals surface area contributed by atoms with Gasteiger partial charge < -0.3 is 20.1 Å². The maximum atomic E-state index is 12.5. The van der Waals surface area contributed by atoms with Crippen LogP contribution in [0.2, 0.25) is 0 Å². The Balaban J connectivity index is 1.53. The highest BCUT2D eigenvalue weighted by Gasteiger charge is 2.25. The van der Waals surface area contributed by atoms with E-state index in [4.69, 9.17) is 5.73 Å². The summed E-state index contributed by atoms with van der Waals surface area (Å²) in [6.07, 6.45) is 4.27. The molecule has 6 nitrogen and oxygen atoms in total. The molecule has 1 saturated heterocycles. The molecule has 0 bridgehead atoms. The second kappa shape index (κ2) is 8.27. The van der Waals surface area contributed by atoms with Crippen molar-refractivity contribution < 1.29 is 4.79 Å². The summed E-state index contributed by atoms with van der Waals surface area (Å²) in [6.45, 7) is 7.35. The highest BCUT2D eigenvalue weighted by atomic mass is 16.2. The highest BCUT2D eigenvalue weighted by molar-refractivity contribution is 5.82. The maximum Gasteiger partial charge on any atom is 0.239 e. The minimum atomic E-state index is -0.520. The fourth-order valence-electron chi connectivity index (χ4n) is 3.22. The fourth-order valence-corrected chi connectivity index (χ4v) is 3.22. The van der Waals surface area contributed by atoms with Gasteiger partial charge in [0.25, 0.3) is 0 Å². The SMILES string of the molecule is CCN1CCN(C(=O)[C@@H](N)Cc2cn(Cc3ccccc3)cn2)CC1. The lowest BCUT2D eigenvalue weighted by Crippen LogP contribution is -2.53. The van der Waals surface area contributed by atoms with Crippen molar-refractivity contribution in [1.82, 2.24) is 19.4 Å². The van der Waals surface area contributed by atoms with Gasteiger partial charge in [-0.2, -0.15) is 0 Å². The van der Waals surface area contributed by atoms with E-state index in [1.54, 1.807) is 6.33 Å². The van der Waals surface area contributed by atoms with Crippen molar-refractivity contribution in [2.45, 2.75) is 25.9 Å². The number of carbonyl (C=O) groups excluding carboxylic acids is 1. The highest BCUT2D eigenvalue weighted by Crippen LogP contribution is 2.08. The molecule has 2 N–H and O–H groups in total. The molecule has 134 valence electrons. The molecule has 0 radical (unpaired) electrons. The van der Waals surface area contributed by atoms with E-state index in [0.717, 1.165) is 45.0 Å². The van der Waals surface area contributed by atoms with E-state index in [9.17, 15) is 4.79 Å². The molecule has 0 saturated carbocycles. The van der Waals surface area contributed by atoms with Crippen molar-refractivity contribution in [3.8, 4) is 0 Å². The zero-order valence-corrected chi connectivity index (χ0v) is 14.8. The lowest BCUT2D eigenvalue weighted by molar-refractivity contribution is -0.134. The number of amides is 1. The molecule has 2 aromatic rings. The van der Waals surface area contributed by atoms with Crippen LogP contribution in [-0.4, -0.2) is 64.0 Å². The summed E-state index contributed by atoms with van der Waals surface area (Å²) in [5.41, 5.74) is 8.24. The number of imidazole rings is 1. The van der Waals surface area contributed by atoms with Gasteiger partial charge in [0.2, 0.25) is 5.91 Å². The molecule has 1 aromatic heterocycles. The van der Waals surface area contributed by atoms with Gasteiger partial charge in [-0.3, -0.25) is 4.79 Å². The summed E-state index contributed by atoms with van der Waals surface area (Å²) in [4.78, 5) is 21.2. The quantitative estimate of drug-likeness (QED) is 0.850. The zero-order valence-electron chi connectivity index (χ0n) is 14.8. The van der Waals surface area contributed by atoms with Crippen LogP contribution in [0.1, 0.15) is 18.2 Å². The third-order valence-electron chi connectivity index (χ3n) is 4.77. The molecule has 25 heavy (non-hydrogen) atoms. The van der Waals surface area contributed by atoms with Crippen molar-refractivity contribution in [3.63, 3.8) is 0 Å². The molecule has 0 aliphatic carbocycles. The van der Waals surface area contributed by atoms with Gasteiger partial charge in [-0.15, -0.1) is 0 Å². The number of benzene rings is 1. The minimum absolute atomic E-state index is 0.0355. The van der Waals surface area contributed by atoms with Crippen LogP contribution in [0.15, 0.2) is 42.9 Å². The first kappa shape index (κ1) is 17.6. The Morgan fingerprint density at radius 1 is 1.20 bits per heavy atom. The Bertz CT molecular complexity index is 676. The van der Waals surface area contributed by atoms with Crippen LogP contribution in [-0.2, 0) is 17.8 Å². The standard InChI is InChI=1S/C19H27N5O/c1-2-22-8-10-24(11-9-22)19(25)18(20)12-17-14-23(15-21-17)13-16-6-4-3-5-7-16/h3-7,14-15,18H,2,8-13,20H2,1H3/t18-/m0/s1. The lowest BCUT2D eigenvalue weighted by atomic mass is 10.1. The average molecular weight is 341 g/mol. The van der Waals surface area contributed by atoms with Crippen LogP contribution < -0.4 is 5.73 Å². The van der Waals surface area contributed by atoms with Crippen LogP contribution in [0, 0.1) is 0 Å². The summed E-state index contributed by atoms with van der Waals surface area (Å²) >= 11 is 0. The molecular formula is C19H27N5O. The number of hydrogen-bond donors (Lipinski definition) is 1. The van der Waals surface area contributed by atoms with Crippen molar-refractivity contribution in [1.29, 1.82) is 0 Å². The van der Waals surface area contributed by atoms with E-state index in [2.05, 4.69) is 28.9 Å². The molecule has 6 heteroatoms. The first-order chi connectivity index (χ1) is 12.2. The Labute approximate surface area is 149 Å². The second-order valence-electron chi connectivity index (χ2n) is 6.59. The van der Waals surface area contributed by atoms with Crippen LogP contribution in [0.4, 0.5) is 0 Å². The Hall–Kier alpha value is -2.18. The Morgan fingerprint density at radius 2 is 1.92 bits per heavy atom. The smallest absolute Gasteiger partial charge is 0.239 e. The van der Waals surface area contributed by atoms with E-state index >= 15 is 0 Å². The number of nitrogens with zero attached hydrogens (tertiary/aromatic N) is 4. The summed E-state index contributed by atoms with van der Waals surface area (Å²) in [5, 5.41) is 0. The van der Waals surface area contributed by atoms with E-state index < -0.39 is 6.04 Å². The van der Waals surface area contributed by atoms with Gasteiger partial charge in [-0.25, -0.2) is 4.98 Å². The van der Waals surface area contributed by atoms with Crippen molar-refractivity contribution in [2.75, 3.05) is 32.7 Å². The van der Waals surface area contributed by atoms with Gasteiger partial charge in [-0.1, -0.05) is 37.3 Å². The van der Waals surface area contributed by atoms with Crippen LogP contribution >= 0.6 is 0 Å². The third-order valence-corrected chi connectivity index (χ3v) is 4.77. The minimum Gasteiger partial charge on any atom is -0.339 e. The first-order valence-corrected chi connectivity index (χ1v) is 8.97. The number of rotatable bonds is 6. The average Bonchev–Trinajstić information content (AvgIpc) is 3.08. The van der Waals surface area contributed by atoms with E-state index in [0.29, 0.717) is 6.42 Å². The van der Waals surface area contributed by atoms with Crippen LogP contribution in [0.3, 0.4) is 0 Å². The topological polar surface area (TPSA) is 67.4 Å². The van der Waals surface area contributed by atoms with Gasteiger partial charge in [-0.05, 0) is 12.1 Å². The number of aromatic nitrogens is 2. The predicted molar refractivity (Wildman–Crippen MR) is 98.1 cm³/mol. The molecule has 1 aliphatic rings. The fraction of sp³-hybridized carbons (Fsp3) is 0.474. The second-order valence-corrected chi connectivity index (χ2v) is 6.59. The monoisotopic (exact) mass is 341 g/mol. The normalized spacial score (nSPS) is 16.8. The third kappa shape index (κ3) is 4.67. The summed E-state index contributed by atoms with van der Waals surface area (Å²) in [6, 6.07) is 9.72. The molecule has 3 rings (SSSR count). The molecule has 2 heterocycles. The van der Waals surface area contributed by atoms with Crippen LogP contribution in [0.25, 0.3) is 0 Å². The summed E-state index contributed by atoms with van der Waals surface area (Å²) in [7, 11) is 0. The number of likely N-dealkylation sites (N-methyl/N-ethyl adjacent to an activating group) is 1. The maximum absolute atomic E-state index is 12.5. The van der Waals surface area contributed by atoms with Gasteiger partial charge in [0.05, 0.1) is 18.1 Å². The largest absolute Gasteiger partial charge is 0.339 e. The van der Waals surface area contributed by atoms with Gasteiger partial charge in [0.1, 0.15) is 0 Å². The predicted octanol–water partition coefficient (Wildman–Crippen LogP) is 0.965. The molecule has 1 aromatic carbocycles. The van der Waals surface area contributed by atoms with E-state index in [1.807, 2.05) is 33.9 Å². The number of hydrogen-bond acceptors (Lipinski definition) is 4. The Morgan fingerprint density at radius 3 is 2.60 bits per heavy atom. The molecular weight excluding hydrogens is 314 g/mol. The number of piperazine rings is 1. The first-order valence-electron chi connectivity index (χ1n) is 8.97. The van der Waals surface area contributed by atoms with Gasteiger partial charge in [0.15, 0.2) is 0 Å². The number of nitrogens with two attached hydrogens (primary N) is 1. The van der Waals surface area contributed by atoms with Gasteiger partial charge in [0, 0.05) is 45.3 Å². The van der Waals surface area contributed by atoms with Crippen molar-refractivity contribution >= 4 is 5.91 Å². The van der Waals surface area contributed by atoms with Gasteiger partial charge >= 0.3 is 0 Å². The zero-order chi connectivity index (χ0) is 17.6. The molecule has 0 unspecified atom stereocenters. The summed E-state index contributed by atoms with van der Waals surface area (Å²) in [5.74, 6) is 0.0355. The lowest BCUT2D eigenvalue weighted by Gasteiger charge is -2.35. The van der Waals surface area contributed by atoms with Crippen LogP contribution in [0.5, 0.6) is 0 Å². The van der Waals surface area contributed by atoms with Crippen molar-refractivity contribution in [3.05, 3.63) is 54.1 Å². The number of carbonyl (C=O) groups is 1. The molecule has 1 fully saturated rings. The van der Waals surface area contributed by atoms with E-state index in [1.165, 1.54) is 5.56 Å². The molecule has 1 aliphatic heterocycles. The molecule has 0 spiro atoms.